The van der Waals surface area contributed by atoms with Gasteiger partial charge in [0, 0.05) is 10.9 Å². The molecular weight excluding hydrogens is 330 g/mol. The lowest BCUT2D eigenvalue weighted by Crippen LogP contribution is -2.40. The first-order valence-corrected chi connectivity index (χ1v) is 8.47. The smallest absolute Gasteiger partial charge is 0.237 e. The molecule has 2 aromatic rings. The molecule has 0 aliphatic carbocycles. The molecule has 0 spiro atoms. The number of amides is 1. The Bertz CT molecular complexity index is 659. The maximum Gasteiger partial charge on any atom is 0.237 e. The minimum absolute atomic E-state index is 0. The number of benzene rings is 1. The molecule has 124 valence electrons. The van der Waals surface area contributed by atoms with E-state index < -0.39 is 0 Å². The first-order chi connectivity index (χ1) is 10.6. The van der Waals surface area contributed by atoms with Crippen molar-refractivity contribution in [1.82, 2.24) is 15.6 Å². The molecule has 1 aromatic heterocycles. The van der Waals surface area contributed by atoms with Crippen molar-refractivity contribution in [3.8, 4) is 0 Å². The third-order valence-corrected chi connectivity index (χ3v) is 5.16. The third kappa shape index (κ3) is 4.31. The van der Waals surface area contributed by atoms with Crippen LogP contribution in [-0.4, -0.2) is 16.9 Å². The SMILES string of the molecule is Cc1nc(C)c(CNC(=O)[C@H]2CC[C@H](c3ccccc3)N2)s1.Cl. The number of carbonyl (C=O) groups excluding carboxylic acids is 1. The topological polar surface area (TPSA) is 54.0 Å². The van der Waals surface area contributed by atoms with Gasteiger partial charge in [-0.25, -0.2) is 4.98 Å². The van der Waals surface area contributed by atoms with Crippen LogP contribution in [0.1, 0.15) is 40.0 Å². The van der Waals surface area contributed by atoms with Gasteiger partial charge in [0.05, 0.1) is 23.3 Å². The Morgan fingerprint density at radius 1 is 1.30 bits per heavy atom. The maximum absolute atomic E-state index is 12.3. The molecule has 0 radical (unpaired) electrons. The molecular formula is C17H22ClN3OS. The van der Waals surface area contributed by atoms with Crippen LogP contribution in [0.5, 0.6) is 0 Å². The van der Waals surface area contributed by atoms with Gasteiger partial charge in [0.15, 0.2) is 0 Å². The van der Waals surface area contributed by atoms with Crippen molar-refractivity contribution in [1.29, 1.82) is 0 Å². The zero-order valence-electron chi connectivity index (χ0n) is 13.3. The van der Waals surface area contributed by atoms with E-state index in [9.17, 15) is 4.79 Å². The van der Waals surface area contributed by atoms with E-state index in [1.54, 1.807) is 11.3 Å². The van der Waals surface area contributed by atoms with Crippen LogP contribution in [0.3, 0.4) is 0 Å². The van der Waals surface area contributed by atoms with Gasteiger partial charge < -0.3 is 5.32 Å². The van der Waals surface area contributed by atoms with Crippen molar-refractivity contribution >= 4 is 29.7 Å². The molecule has 1 fully saturated rings. The predicted molar refractivity (Wildman–Crippen MR) is 96.0 cm³/mol. The lowest BCUT2D eigenvalue weighted by molar-refractivity contribution is -0.123. The van der Waals surface area contributed by atoms with Crippen molar-refractivity contribution in [3.63, 3.8) is 0 Å². The predicted octanol–water partition coefficient (Wildman–Crippen LogP) is 3.29. The molecule has 1 saturated heterocycles. The second-order valence-electron chi connectivity index (χ2n) is 5.72. The number of hydrogen-bond acceptors (Lipinski definition) is 4. The van der Waals surface area contributed by atoms with Crippen molar-refractivity contribution in [3.05, 3.63) is 51.5 Å². The highest BCUT2D eigenvalue weighted by Crippen LogP contribution is 2.26. The molecule has 0 saturated carbocycles. The summed E-state index contributed by atoms with van der Waals surface area (Å²) in [6.07, 6.45) is 1.88. The number of carbonyl (C=O) groups is 1. The zero-order chi connectivity index (χ0) is 15.5. The minimum Gasteiger partial charge on any atom is -0.350 e. The standard InChI is InChI=1S/C17H21N3OS.ClH/c1-11-16(22-12(2)19-11)10-18-17(21)15-9-8-14(20-15)13-6-4-3-5-7-13;/h3-7,14-15,20H,8-10H2,1-2H3,(H,18,21);1H/t14-,15-;/m1./s1. The molecule has 0 bridgehead atoms. The Labute approximate surface area is 147 Å². The van der Waals surface area contributed by atoms with Gasteiger partial charge in [-0.3, -0.25) is 10.1 Å². The summed E-state index contributed by atoms with van der Waals surface area (Å²) >= 11 is 1.65. The van der Waals surface area contributed by atoms with E-state index in [-0.39, 0.29) is 30.4 Å². The summed E-state index contributed by atoms with van der Waals surface area (Å²) in [5.74, 6) is 0.0869. The van der Waals surface area contributed by atoms with Crippen LogP contribution >= 0.6 is 23.7 Å². The molecule has 1 aliphatic rings. The van der Waals surface area contributed by atoms with Crippen LogP contribution in [0.4, 0.5) is 0 Å². The second kappa shape index (κ2) is 7.90. The van der Waals surface area contributed by atoms with Crippen molar-refractivity contribution in [2.45, 2.75) is 45.3 Å². The van der Waals surface area contributed by atoms with Crippen molar-refractivity contribution in [2.24, 2.45) is 0 Å². The molecule has 4 nitrogen and oxygen atoms in total. The van der Waals surface area contributed by atoms with E-state index in [1.807, 2.05) is 32.0 Å². The third-order valence-electron chi connectivity index (χ3n) is 4.09. The summed E-state index contributed by atoms with van der Waals surface area (Å²) in [5.41, 5.74) is 2.27. The van der Waals surface area contributed by atoms with Crippen molar-refractivity contribution < 1.29 is 4.79 Å². The van der Waals surface area contributed by atoms with Crippen LogP contribution in [0.2, 0.25) is 0 Å². The molecule has 1 amide bonds. The van der Waals surface area contributed by atoms with E-state index in [4.69, 9.17) is 0 Å². The van der Waals surface area contributed by atoms with Gasteiger partial charge in [0.25, 0.3) is 0 Å². The fourth-order valence-electron chi connectivity index (χ4n) is 2.93. The summed E-state index contributed by atoms with van der Waals surface area (Å²) < 4.78 is 0. The fourth-order valence-corrected chi connectivity index (χ4v) is 3.80. The van der Waals surface area contributed by atoms with E-state index in [1.165, 1.54) is 5.56 Å². The normalized spacial score (nSPS) is 20.1. The van der Waals surface area contributed by atoms with Gasteiger partial charge >= 0.3 is 0 Å². The number of nitrogens with one attached hydrogen (secondary N) is 2. The Kier molecular flexibility index (Phi) is 6.16. The van der Waals surface area contributed by atoms with Crippen LogP contribution in [0, 0.1) is 13.8 Å². The molecule has 6 heteroatoms. The number of halogens is 1. The zero-order valence-corrected chi connectivity index (χ0v) is 15.0. The number of aryl methyl sites for hydroxylation is 2. The minimum atomic E-state index is -0.0977. The maximum atomic E-state index is 12.3. The molecule has 0 unspecified atom stereocenters. The first-order valence-electron chi connectivity index (χ1n) is 7.65. The summed E-state index contributed by atoms with van der Waals surface area (Å²) in [5, 5.41) is 7.52. The van der Waals surface area contributed by atoms with Gasteiger partial charge in [-0.2, -0.15) is 0 Å². The summed E-state index contributed by atoms with van der Waals surface area (Å²) in [4.78, 5) is 17.9. The number of rotatable bonds is 4. The summed E-state index contributed by atoms with van der Waals surface area (Å²) in [6, 6.07) is 10.5. The quantitative estimate of drug-likeness (QED) is 0.888. The van der Waals surface area contributed by atoms with E-state index in [0.717, 1.165) is 28.4 Å². The highest BCUT2D eigenvalue weighted by Gasteiger charge is 2.29. The van der Waals surface area contributed by atoms with E-state index in [0.29, 0.717) is 6.54 Å². The number of hydrogen-bond donors (Lipinski definition) is 2. The van der Waals surface area contributed by atoms with Gasteiger partial charge in [-0.1, -0.05) is 30.3 Å². The lowest BCUT2D eigenvalue weighted by atomic mass is 10.1. The molecule has 2 heterocycles. The second-order valence-corrected chi connectivity index (χ2v) is 7.01. The van der Waals surface area contributed by atoms with Gasteiger partial charge in [-0.05, 0) is 32.3 Å². The highest BCUT2D eigenvalue weighted by atomic mass is 35.5. The average molecular weight is 352 g/mol. The Morgan fingerprint density at radius 3 is 2.70 bits per heavy atom. The average Bonchev–Trinajstić information content (AvgIpc) is 3.12. The number of aromatic nitrogens is 1. The monoisotopic (exact) mass is 351 g/mol. The molecule has 23 heavy (non-hydrogen) atoms. The Balaban J connectivity index is 0.00000192. The number of nitrogens with zero attached hydrogens (tertiary/aromatic N) is 1. The van der Waals surface area contributed by atoms with E-state index in [2.05, 4.69) is 27.8 Å². The molecule has 1 aliphatic heterocycles. The van der Waals surface area contributed by atoms with Gasteiger partial charge in [-0.15, -0.1) is 23.7 Å². The van der Waals surface area contributed by atoms with Crippen LogP contribution in [0.25, 0.3) is 0 Å². The fraction of sp³-hybridized carbons (Fsp3) is 0.412. The number of thiazole rings is 1. The molecule has 2 N–H and O–H groups in total. The van der Waals surface area contributed by atoms with Crippen LogP contribution in [0.15, 0.2) is 30.3 Å². The largest absolute Gasteiger partial charge is 0.350 e. The van der Waals surface area contributed by atoms with Gasteiger partial charge in [0.2, 0.25) is 5.91 Å². The first kappa shape index (κ1) is 17.9. The highest BCUT2D eigenvalue weighted by molar-refractivity contribution is 7.11. The van der Waals surface area contributed by atoms with Gasteiger partial charge in [0.1, 0.15) is 0 Å². The Morgan fingerprint density at radius 2 is 2.04 bits per heavy atom. The Hall–Kier alpha value is -1.43. The summed E-state index contributed by atoms with van der Waals surface area (Å²) in [6.45, 7) is 4.56. The van der Waals surface area contributed by atoms with E-state index >= 15 is 0 Å². The molecule has 3 rings (SSSR count). The van der Waals surface area contributed by atoms with Crippen LogP contribution < -0.4 is 10.6 Å². The summed E-state index contributed by atoms with van der Waals surface area (Å²) in [7, 11) is 0. The van der Waals surface area contributed by atoms with Crippen molar-refractivity contribution in [2.75, 3.05) is 0 Å². The van der Waals surface area contributed by atoms with Crippen LogP contribution in [-0.2, 0) is 11.3 Å². The lowest BCUT2D eigenvalue weighted by Gasteiger charge is -2.14. The molecule has 2 atom stereocenters. The molecule has 1 aromatic carbocycles.